The molecule has 80 valence electrons. The van der Waals surface area contributed by atoms with Crippen molar-refractivity contribution in [3.05, 3.63) is 47.3 Å². The summed E-state index contributed by atoms with van der Waals surface area (Å²) >= 11 is 0. The maximum Gasteiger partial charge on any atom is 0.0757 e. The highest BCUT2D eigenvalue weighted by Gasteiger charge is 2.15. The predicted octanol–water partition coefficient (Wildman–Crippen LogP) is 3.09. The minimum absolute atomic E-state index is 0.882. The summed E-state index contributed by atoms with van der Waals surface area (Å²) in [5.41, 5.74) is 6.37. The van der Waals surface area contributed by atoms with Crippen molar-refractivity contribution in [1.82, 2.24) is 10.3 Å². The van der Waals surface area contributed by atoms with Crippen LogP contribution in [-0.2, 0) is 6.54 Å². The van der Waals surface area contributed by atoms with Crippen LogP contribution < -0.4 is 5.32 Å². The van der Waals surface area contributed by atoms with Gasteiger partial charge in [-0.15, -0.1) is 0 Å². The van der Waals surface area contributed by atoms with E-state index in [4.69, 9.17) is 0 Å². The summed E-state index contributed by atoms with van der Waals surface area (Å²) in [6.07, 6.45) is 1.86. The van der Waals surface area contributed by atoms with Gasteiger partial charge in [0.2, 0.25) is 0 Å². The van der Waals surface area contributed by atoms with Crippen molar-refractivity contribution < 1.29 is 0 Å². The molecule has 1 aromatic carbocycles. The van der Waals surface area contributed by atoms with Gasteiger partial charge in [0.05, 0.1) is 5.52 Å². The molecular formula is C14H14N2. The Morgan fingerprint density at radius 1 is 1.19 bits per heavy atom. The largest absolute Gasteiger partial charge is 0.384 e. The number of allylic oxidation sites excluding steroid dienone is 2. The van der Waals surface area contributed by atoms with E-state index in [9.17, 15) is 0 Å². The molecule has 0 radical (unpaired) electrons. The summed E-state index contributed by atoms with van der Waals surface area (Å²) < 4.78 is 0. The Labute approximate surface area is 95.0 Å². The third kappa shape index (κ3) is 1.23. The van der Waals surface area contributed by atoms with E-state index in [0.29, 0.717) is 0 Å². The summed E-state index contributed by atoms with van der Waals surface area (Å²) in [5.74, 6) is 0. The molecule has 0 bridgehead atoms. The molecule has 2 nitrogen and oxygen atoms in total. The second-order valence-electron chi connectivity index (χ2n) is 4.27. The summed E-state index contributed by atoms with van der Waals surface area (Å²) in [6.45, 7) is 5.17. The summed E-state index contributed by atoms with van der Waals surface area (Å²) in [4.78, 5) is 4.49. The van der Waals surface area contributed by atoms with Gasteiger partial charge in [0.25, 0.3) is 0 Å². The van der Waals surface area contributed by atoms with Gasteiger partial charge in [-0.1, -0.05) is 18.2 Å². The van der Waals surface area contributed by atoms with Crippen LogP contribution in [0.15, 0.2) is 36.2 Å². The molecule has 0 atom stereocenters. The van der Waals surface area contributed by atoms with E-state index in [1.165, 1.54) is 27.8 Å². The zero-order valence-electron chi connectivity index (χ0n) is 9.54. The number of benzene rings is 1. The van der Waals surface area contributed by atoms with Gasteiger partial charge in [0.1, 0.15) is 0 Å². The van der Waals surface area contributed by atoms with E-state index in [2.05, 4.69) is 42.3 Å². The molecule has 2 aromatic rings. The van der Waals surface area contributed by atoms with E-state index >= 15 is 0 Å². The molecule has 0 spiro atoms. The Kier molecular flexibility index (Phi) is 1.96. The number of aromatic nitrogens is 1. The van der Waals surface area contributed by atoms with Crippen molar-refractivity contribution >= 4 is 16.5 Å². The van der Waals surface area contributed by atoms with Crippen LogP contribution in [0.5, 0.6) is 0 Å². The van der Waals surface area contributed by atoms with E-state index in [0.717, 1.165) is 12.1 Å². The van der Waals surface area contributed by atoms with Gasteiger partial charge in [-0.2, -0.15) is 0 Å². The molecule has 0 saturated heterocycles. The van der Waals surface area contributed by atoms with Crippen LogP contribution >= 0.6 is 0 Å². The minimum atomic E-state index is 0.882. The zero-order chi connectivity index (χ0) is 11.1. The van der Waals surface area contributed by atoms with Crippen molar-refractivity contribution in [1.29, 1.82) is 0 Å². The van der Waals surface area contributed by atoms with Crippen molar-refractivity contribution in [2.24, 2.45) is 0 Å². The number of pyridine rings is 1. The Morgan fingerprint density at radius 3 is 2.94 bits per heavy atom. The van der Waals surface area contributed by atoms with Gasteiger partial charge >= 0.3 is 0 Å². The van der Waals surface area contributed by atoms with Crippen LogP contribution in [-0.4, -0.2) is 4.98 Å². The average Bonchev–Trinajstić information content (AvgIpc) is 2.33. The normalized spacial score (nSPS) is 14.9. The fourth-order valence-corrected chi connectivity index (χ4v) is 2.29. The molecule has 0 saturated carbocycles. The number of hydrogen-bond donors (Lipinski definition) is 1. The van der Waals surface area contributed by atoms with Crippen molar-refractivity contribution in [3.63, 3.8) is 0 Å². The van der Waals surface area contributed by atoms with E-state index < -0.39 is 0 Å². The first kappa shape index (κ1) is 9.40. The van der Waals surface area contributed by atoms with Gasteiger partial charge in [-0.25, -0.2) is 0 Å². The zero-order valence-corrected chi connectivity index (χ0v) is 9.54. The Morgan fingerprint density at radius 2 is 2.06 bits per heavy atom. The lowest BCUT2D eigenvalue weighted by molar-refractivity contribution is 0.798. The number of fused-ring (bicyclic) bond motifs is 3. The molecule has 0 unspecified atom stereocenters. The lowest BCUT2D eigenvalue weighted by Gasteiger charge is -2.22. The summed E-state index contributed by atoms with van der Waals surface area (Å²) in [7, 11) is 0. The Bertz CT molecular complexity index is 597. The summed E-state index contributed by atoms with van der Waals surface area (Å²) in [6, 6.07) is 8.46. The highest BCUT2D eigenvalue weighted by Crippen LogP contribution is 2.30. The fraction of sp³-hybridized carbons (Fsp3) is 0.214. The molecule has 1 aliphatic heterocycles. The number of nitrogens with one attached hydrogen (secondary N) is 1. The molecular weight excluding hydrogens is 196 g/mol. The lowest BCUT2D eigenvalue weighted by Crippen LogP contribution is -2.18. The molecule has 3 rings (SSSR count). The van der Waals surface area contributed by atoms with E-state index in [1.54, 1.807) is 0 Å². The molecule has 1 N–H and O–H groups in total. The first-order valence-electron chi connectivity index (χ1n) is 5.55. The Balaban J connectivity index is 2.37. The standard InChI is InChI=1S/C14H14N2/c1-9-10(2)16-8-13-12(9)6-5-11-4-3-7-15-14(11)13/h3-7,16H,8H2,1-2H3. The number of hydrogen-bond acceptors (Lipinski definition) is 2. The van der Waals surface area contributed by atoms with Crippen molar-refractivity contribution in [2.75, 3.05) is 0 Å². The number of nitrogens with zero attached hydrogens (tertiary/aromatic N) is 1. The van der Waals surface area contributed by atoms with Gasteiger partial charge in [-0.3, -0.25) is 4.98 Å². The van der Waals surface area contributed by atoms with Crippen LogP contribution in [0.1, 0.15) is 25.0 Å². The highest BCUT2D eigenvalue weighted by molar-refractivity contribution is 5.88. The topological polar surface area (TPSA) is 24.9 Å². The first-order valence-corrected chi connectivity index (χ1v) is 5.55. The SMILES string of the molecule is CC1=C(C)c2ccc3cccnc3c2CN1. The molecule has 0 amide bonds. The van der Waals surface area contributed by atoms with Gasteiger partial charge in [-0.05, 0) is 31.1 Å². The van der Waals surface area contributed by atoms with Crippen LogP contribution in [0.2, 0.25) is 0 Å². The predicted molar refractivity (Wildman–Crippen MR) is 66.9 cm³/mol. The molecule has 1 aliphatic rings. The molecule has 0 aliphatic carbocycles. The maximum absolute atomic E-state index is 4.49. The first-order chi connectivity index (χ1) is 7.77. The average molecular weight is 210 g/mol. The van der Waals surface area contributed by atoms with Crippen LogP contribution in [0.3, 0.4) is 0 Å². The Hall–Kier alpha value is -1.83. The second-order valence-corrected chi connectivity index (χ2v) is 4.27. The van der Waals surface area contributed by atoms with Gasteiger partial charge < -0.3 is 5.32 Å². The van der Waals surface area contributed by atoms with E-state index in [-0.39, 0.29) is 0 Å². The number of rotatable bonds is 0. The van der Waals surface area contributed by atoms with Crippen molar-refractivity contribution in [3.8, 4) is 0 Å². The molecule has 2 heterocycles. The molecule has 2 heteroatoms. The third-order valence-electron chi connectivity index (χ3n) is 3.38. The van der Waals surface area contributed by atoms with E-state index in [1.807, 2.05) is 12.3 Å². The fourth-order valence-electron chi connectivity index (χ4n) is 2.29. The molecule has 0 fully saturated rings. The lowest BCUT2D eigenvalue weighted by atomic mass is 9.94. The van der Waals surface area contributed by atoms with Crippen LogP contribution in [0.25, 0.3) is 16.5 Å². The van der Waals surface area contributed by atoms with Crippen LogP contribution in [0.4, 0.5) is 0 Å². The monoisotopic (exact) mass is 210 g/mol. The van der Waals surface area contributed by atoms with Crippen LogP contribution in [0, 0.1) is 0 Å². The minimum Gasteiger partial charge on any atom is -0.384 e. The third-order valence-corrected chi connectivity index (χ3v) is 3.38. The van der Waals surface area contributed by atoms with Gasteiger partial charge in [0, 0.05) is 29.4 Å². The summed E-state index contributed by atoms with van der Waals surface area (Å²) in [5, 5.41) is 4.64. The van der Waals surface area contributed by atoms with Crippen molar-refractivity contribution in [2.45, 2.75) is 20.4 Å². The molecule has 16 heavy (non-hydrogen) atoms. The molecule has 1 aromatic heterocycles. The maximum atomic E-state index is 4.49. The second kappa shape index (κ2) is 3.34. The highest BCUT2D eigenvalue weighted by atomic mass is 14.9. The quantitative estimate of drug-likeness (QED) is 0.722. The smallest absolute Gasteiger partial charge is 0.0757 e. The van der Waals surface area contributed by atoms with Gasteiger partial charge in [0.15, 0.2) is 0 Å².